The molecule has 6 heteroatoms. The van der Waals surface area contributed by atoms with Crippen LogP contribution in [0.3, 0.4) is 0 Å². The van der Waals surface area contributed by atoms with E-state index < -0.39 is 5.97 Å². The SMILES string of the molecule is CC1CC1c1ccc(C=CC(=O)NCCOCC(=O)O)o1. The molecule has 0 aromatic carbocycles. The molecule has 1 amide bonds. The Labute approximate surface area is 122 Å². The number of aliphatic carboxylic acids is 1. The van der Waals surface area contributed by atoms with E-state index in [4.69, 9.17) is 14.3 Å². The summed E-state index contributed by atoms with van der Waals surface area (Å²) < 4.78 is 10.4. The molecule has 2 rings (SSSR count). The van der Waals surface area contributed by atoms with Crippen molar-refractivity contribution in [2.24, 2.45) is 5.92 Å². The molecule has 0 radical (unpaired) electrons. The van der Waals surface area contributed by atoms with E-state index in [-0.39, 0.29) is 25.7 Å². The first kappa shape index (κ1) is 15.3. The van der Waals surface area contributed by atoms with Crippen molar-refractivity contribution in [1.29, 1.82) is 0 Å². The molecule has 1 heterocycles. The van der Waals surface area contributed by atoms with E-state index >= 15 is 0 Å². The first-order valence-electron chi connectivity index (χ1n) is 6.91. The van der Waals surface area contributed by atoms with Crippen LogP contribution in [0, 0.1) is 5.92 Å². The molecule has 0 bridgehead atoms. The van der Waals surface area contributed by atoms with Gasteiger partial charge in [0.2, 0.25) is 5.91 Å². The van der Waals surface area contributed by atoms with Crippen LogP contribution < -0.4 is 5.32 Å². The first-order valence-corrected chi connectivity index (χ1v) is 6.91. The topological polar surface area (TPSA) is 88.8 Å². The van der Waals surface area contributed by atoms with Crippen LogP contribution >= 0.6 is 0 Å². The highest BCUT2D eigenvalue weighted by Crippen LogP contribution is 2.47. The summed E-state index contributed by atoms with van der Waals surface area (Å²) in [5.41, 5.74) is 0. The lowest BCUT2D eigenvalue weighted by Crippen LogP contribution is -2.26. The van der Waals surface area contributed by atoms with E-state index in [0.717, 1.165) is 12.2 Å². The van der Waals surface area contributed by atoms with Crippen molar-refractivity contribution in [3.63, 3.8) is 0 Å². The molecular formula is C15H19NO5. The van der Waals surface area contributed by atoms with E-state index in [0.29, 0.717) is 17.6 Å². The van der Waals surface area contributed by atoms with Crippen molar-refractivity contribution < 1.29 is 23.8 Å². The number of carboxylic acids is 1. The Morgan fingerprint density at radius 3 is 2.95 bits per heavy atom. The Kier molecular flexibility index (Phi) is 5.16. The number of nitrogens with one attached hydrogen (secondary N) is 1. The lowest BCUT2D eigenvalue weighted by Gasteiger charge is -2.01. The Morgan fingerprint density at radius 2 is 2.29 bits per heavy atom. The lowest BCUT2D eigenvalue weighted by atomic mass is 10.3. The van der Waals surface area contributed by atoms with Crippen molar-refractivity contribution in [2.45, 2.75) is 19.3 Å². The third-order valence-corrected chi connectivity index (χ3v) is 3.29. The van der Waals surface area contributed by atoms with Crippen LogP contribution in [0.25, 0.3) is 6.08 Å². The summed E-state index contributed by atoms with van der Waals surface area (Å²) in [6.07, 6.45) is 4.16. The standard InChI is InChI=1S/C15H19NO5/c1-10-8-12(10)13-4-2-11(21-13)3-5-14(17)16-6-7-20-9-15(18)19/h2-5,10,12H,6-9H2,1H3,(H,16,17)(H,18,19). The molecule has 6 nitrogen and oxygen atoms in total. The smallest absolute Gasteiger partial charge is 0.329 e. The molecule has 1 aromatic heterocycles. The third-order valence-electron chi connectivity index (χ3n) is 3.29. The minimum Gasteiger partial charge on any atom is -0.480 e. The monoisotopic (exact) mass is 293 g/mol. The molecule has 1 aliphatic rings. The summed E-state index contributed by atoms with van der Waals surface area (Å²) in [5, 5.41) is 11.0. The highest BCUT2D eigenvalue weighted by molar-refractivity contribution is 5.91. The van der Waals surface area contributed by atoms with E-state index in [2.05, 4.69) is 12.2 Å². The van der Waals surface area contributed by atoms with Gasteiger partial charge in [-0.1, -0.05) is 6.92 Å². The van der Waals surface area contributed by atoms with Gasteiger partial charge in [-0.3, -0.25) is 4.79 Å². The second-order valence-electron chi connectivity index (χ2n) is 5.13. The molecule has 2 N–H and O–H groups in total. The van der Waals surface area contributed by atoms with Gasteiger partial charge in [-0.05, 0) is 30.5 Å². The fourth-order valence-corrected chi connectivity index (χ4v) is 2.00. The van der Waals surface area contributed by atoms with Crippen molar-refractivity contribution in [3.05, 3.63) is 29.7 Å². The fourth-order valence-electron chi connectivity index (χ4n) is 2.00. The van der Waals surface area contributed by atoms with Gasteiger partial charge >= 0.3 is 5.97 Å². The second-order valence-corrected chi connectivity index (χ2v) is 5.13. The number of carbonyl (C=O) groups excluding carboxylic acids is 1. The van der Waals surface area contributed by atoms with Gasteiger partial charge in [0.25, 0.3) is 0 Å². The Hall–Kier alpha value is -2.08. The van der Waals surface area contributed by atoms with Crippen LogP contribution in [0.15, 0.2) is 22.6 Å². The molecule has 0 aliphatic heterocycles. The van der Waals surface area contributed by atoms with Gasteiger partial charge in [-0.25, -0.2) is 4.79 Å². The summed E-state index contributed by atoms with van der Waals surface area (Å²) in [4.78, 5) is 21.7. The number of hydrogen-bond donors (Lipinski definition) is 2. The van der Waals surface area contributed by atoms with Crippen LogP contribution in [0.4, 0.5) is 0 Å². The summed E-state index contributed by atoms with van der Waals surface area (Å²) in [6.45, 7) is 2.25. The third kappa shape index (κ3) is 5.07. The number of ether oxygens (including phenoxy) is 1. The number of rotatable bonds is 8. The number of carboxylic acid groups (broad SMARTS) is 1. The molecule has 1 aromatic rings. The maximum Gasteiger partial charge on any atom is 0.329 e. The minimum atomic E-state index is -1.03. The molecule has 0 spiro atoms. The van der Waals surface area contributed by atoms with Crippen LogP contribution in [-0.2, 0) is 14.3 Å². The van der Waals surface area contributed by atoms with Crippen molar-refractivity contribution in [3.8, 4) is 0 Å². The first-order chi connectivity index (χ1) is 10.1. The Bertz CT molecular complexity index is 534. The van der Waals surface area contributed by atoms with Crippen molar-refractivity contribution in [1.82, 2.24) is 5.32 Å². The molecule has 1 fully saturated rings. The molecule has 0 saturated heterocycles. The van der Waals surface area contributed by atoms with E-state index in [1.807, 2.05) is 12.1 Å². The van der Waals surface area contributed by atoms with Gasteiger partial charge in [-0.2, -0.15) is 0 Å². The minimum absolute atomic E-state index is 0.163. The zero-order valence-corrected chi connectivity index (χ0v) is 11.9. The zero-order chi connectivity index (χ0) is 15.2. The highest BCUT2D eigenvalue weighted by Gasteiger charge is 2.36. The average Bonchev–Trinajstić information content (AvgIpc) is 2.99. The summed E-state index contributed by atoms with van der Waals surface area (Å²) in [5.74, 6) is 1.53. The molecule has 1 aliphatic carbocycles. The zero-order valence-electron chi connectivity index (χ0n) is 11.9. The number of carbonyl (C=O) groups is 2. The Morgan fingerprint density at radius 1 is 1.52 bits per heavy atom. The Balaban J connectivity index is 1.67. The van der Waals surface area contributed by atoms with E-state index in [9.17, 15) is 9.59 Å². The molecule has 1 saturated carbocycles. The van der Waals surface area contributed by atoms with Gasteiger partial charge in [-0.15, -0.1) is 0 Å². The van der Waals surface area contributed by atoms with E-state index in [1.54, 1.807) is 6.08 Å². The molecular weight excluding hydrogens is 274 g/mol. The largest absolute Gasteiger partial charge is 0.480 e. The van der Waals surface area contributed by atoms with Crippen LogP contribution in [0.1, 0.15) is 30.8 Å². The lowest BCUT2D eigenvalue weighted by molar-refractivity contribution is -0.142. The van der Waals surface area contributed by atoms with Gasteiger partial charge in [0.1, 0.15) is 18.1 Å². The van der Waals surface area contributed by atoms with Crippen LogP contribution in [0.2, 0.25) is 0 Å². The quantitative estimate of drug-likeness (QED) is 0.562. The predicted octanol–water partition coefficient (Wildman–Crippen LogP) is 1.63. The second kappa shape index (κ2) is 7.08. The number of amides is 1. The van der Waals surface area contributed by atoms with E-state index in [1.165, 1.54) is 6.08 Å². The van der Waals surface area contributed by atoms with Gasteiger partial charge in [0.05, 0.1) is 6.61 Å². The molecule has 2 atom stereocenters. The van der Waals surface area contributed by atoms with Crippen LogP contribution in [0.5, 0.6) is 0 Å². The number of hydrogen-bond acceptors (Lipinski definition) is 4. The molecule has 2 unspecified atom stereocenters. The van der Waals surface area contributed by atoms with Crippen molar-refractivity contribution in [2.75, 3.05) is 19.8 Å². The average molecular weight is 293 g/mol. The fraction of sp³-hybridized carbons (Fsp3) is 0.467. The molecule has 114 valence electrons. The normalized spacial score (nSPS) is 20.6. The van der Waals surface area contributed by atoms with Gasteiger partial charge < -0.3 is 19.6 Å². The predicted molar refractivity (Wildman–Crippen MR) is 75.7 cm³/mol. The summed E-state index contributed by atoms with van der Waals surface area (Å²) in [6, 6.07) is 3.80. The summed E-state index contributed by atoms with van der Waals surface area (Å²) in [7, 11) is 0. The number of furan rings is 1. The van der Waals surface area contributed by atoms with Crippen molar-refractivity contribution >= 4 is 18.0 Å². The molecule has 21 heavy (non-hydrogen) atoms. The van der Waals surface area contributed by atoms with Gasteiger partial charge in [0, 0.05) is 18.5 Å². The maximum absolute atomic E-state index is 11.5. The van der Waals surface area contributed by atoms with Crippen LogP contribution in [-0.4, -0.2) is 36.7 Å². The van der Waals surface area contributed by atoms with Gasteiger partial charge in [0.15, 0.2) is 0 Å². The summed E-state index contributed by atoms with van der Waals surface area (Å²) >= 11 is 0. The highest BCUT2D eigenvalue weighted by atomic mass is 16.5. The maximum atomic E-state index is 11.5.